The molecule has 0 aromatic heterocycles. The monoisotopic (exact) mass is 316 g/mol. The second kappa shape index (κ2) is 17.8. The Morgan fingerprint density at radius 1 is 0.895 bits per heavy atom. The van der Waals surface area contributed by atoms with Crippen LogP contribution in [-0.4, -0.2) is 11.1 Å². The first-order valence-corrected chi connectivity index (χ1v) is 7.00. The Morgan fingerprint density at radius 3 is 2.05 bits per heavy atom. The molecule has 0 atom stereocenters. The number of carbonyl (C=O) groups is 1. The first-order chi connectivity index (χ1) is 8.77. The fourth-order valence-corrected chi connectivity index (χ4v) is 1.76. The molecule has 0 unspecified atom stereocenters. The normalized spacial score (nSPS) is 9.95. The van der Waals surface area contributed by atoms with Crippen LogP contribution in [-0.2, 0) is 21.9 Å². The molecule has 0 amide bonds. The quantitative estimate of drug-likeness (QED) is 0.292. The molecule has 0 fully saturated rings. The van der Waals surface area contributed by atoms with E-state index in [0.29, 0.717) is 6.42 Å². The minimum absolute atomic E-state index is 0. The van der Waals surface area contributed by atoms with Gasteiger partial charge in [-0.25, -0.2) is 0 Å². The SMILES string of the molecule is N[CH-]CCC[CH-]CCCCCC[CH-]C[CH-]C(=O)O.[Cu]. The van der Waals surface area contributed by atoms with Crippen molar-refractivity contribution in [3.63, 3.8) is 0 Å². The van der Waals surface area contributed by atoms with Crippen LogP contribution >= 0.6 is 0 Å². The van der Waals surface area contributed by atoms with E-state index < -0.39 is 5.97 Å². The topological polar surface area (TPSA) is 63.3 Å². The van der Waals surface area contributed by atoms with Gasteiger partial charge in [0.25, 0.3) is 0 Å². The molecule has 0 spiro atoms. The van der Waals surface area contributed by atoms with Crippen LogP contribution in [0.15, 0.2) is 0 Å². The molecule has 3 nitrogen and oxygen atoms in total. The second-order valence-electron chi connectivity index (χ2n) is 4.51. The minimum Gasteiger partial charge on any atom is -0.503 e. The number of hydrogen-bond acceptors (Lipinski definition) is 2. The van der Waals surface area contributed by atoms with Crippen molar-refractivity contribution in [3.8, 4) is 0 Å². The Bertz CT molecular complexity index is 189. The summed E-state index contributed by atoms with van der Waals surface area (Å²) in [7, 11) is 0. The average Bonchev–Trinajstić information content (AvgIpc) is 2.34. The molecule has 3 N–H and O–H groups in total. The first kappa shape index (κ1) is 21.1. The van der Waals surface area contributed by atoms with Gasteiger partial charge >= 0.3 is 0 Å². The van der Waals surface area contributed by atoms with Crippen LogP contribution in [0.4, 0.5) is 0 Å². The van der Waals surface area contributed by atoms with E-state index in [1.165, 1.54) is 51.4 Å². The van der Waals surface area contributed by atoms with Crippen molar-refractivity contribution < 1.29 is 27.0 Å². The number of carboxylic acids is 1. The van der Waals surface area contributed by atoms with E-state index in [4.69, 9.17) is 10.8 Å². The molecule has 0 aliphatic carbocycles. The maximum Gasteiger partial charge on any atom is 0.161 e. The van der Waals surface area contributed by atoms with Gasteiger partial charge in [-0.3, -0.25) is 17.8 Å². The zero-order chi connectivity index (χ0) is 13.5. The van der Waals surface area contributed by atoms with Crippen LogP contribution in [0.3, 0.4) is 0 Å². The van der Waals surface area contributed by atoms with Gasteiger partial charge in [0.15, 0.2) is 5.97 Å². The van der Waals surface area contributed by atoms with Crippen LogP contribution < -0.4 is 5.73 Å². The summed E-state index contributed by atoms with van der Waals surface area (Å²) in [5.41, 5.74) is 5.30. The van der Waals surface area contributed by atoms with Gasteiger partial charge in [0.05, 0.1) is 0 Å². The molecule has 0 saturated carbocycles. The van der Waals surface area contributed by atoms with Crippen molar-refractivity contribution in [2.45, 2.75) is 64.2 Å². The van der Waals surface area contributed by atoms with E-state index in [0.717, 1.165) is 12.8 Å². The molecule has 1 radical (unpaired) electrons. The smallest absolute Gasteiger partial charge is 0.161 e. The van der Waals surface area contributed by atoms with Gasteiger partial charge in [-0.1, -0.05) is 25.7 Å². The molecule has 19 heavy (non-hydrogen) atoms. The molecule has 0 heterocycles. The zero-order valence-corrected chi connectivity index (χ0v) is 12.6. The summed E-state index contributed by atoms with van der Waals surface area (Å²) < 4.78 is 0. The molecular formula is C15H27CuNO2-4. The van der Waals surface area contributed by atoms with Crippen molar-refractivity contribution in [2.75, 3.05) is 0 Å². The third-order valence-corrected chi connectivity index (χ3v) is 2.80. The Morgan fingerprint density at radius 2 is 1.47 bits per heavy atom. The average molecular weight is 317 g/mol. The van der Waals surface area contributed by atoms with E-state index in [2.05, 4.69) is 6.42 Å². The standard InChI is InChI=1S/C15H27NO2.Cu/c16-14-12-10-8-6-4-2-1-3-5-7-9-11-13-15(17)18;/h6,9,13-14H,1-5,7-8,10-12,16H2,(H,17,18);/q-4;. The van der Waals surface area contributed by atoms with Gasteiger partial charge in [0.1, 0.15) is 0 Å². The molecule has 4 heteroatoms. The fraction of sp³-hybridized carbons (Fsp3) is 0.667. The molecule has 119 valence electrons. The van der Waals surface area contributed by atoms with E-state index in [-0.39, 0.29) is 17.1 Å². The second-order valence-corrected chi connectivity index (χ2v) is 4.51. The van der Waals surface area contributed by atoms with E-state index in [1.54, 1.807) is 6.54 Å². The Balaban J connectivity index is 0. The van der Waals surface area contributed by atoms with Gasteiger partial charge in [0.2, 0.25) is 0 Å². The van der Waals surface area contributed by atoms with Crippen LogP contribution in [0.2, 0.25) is 0 Å². The predicted octanol–water partition coefficient (Wildman–Crippen LogP) is 3.70. The third kappa shape index (κ3) is 20.3. The third-order valence-electron chi connectivity index (χ3n) is 2.80. The molecule has 0 aromatic rings. The van der Waals surface area contributed by atoms with Crippen molar-refractivity contribution in [1.82, 2.24) is 0 Å². The Labute approximate surface area is 129 Å². The van der Waals surface area contributed by atoms with Crippen molar-refractivity contribution in [1.29, 1.82) is 0 Å². The largest absolute Gasteiger partial charge is 0.503 e. The number of rotatable bonds is 14. The number of aliphatic carboxylic acids is 1. The zero-order valence-electron chi connectivity index (χ0n) is 11.6. The minimum atomic E-state index is -0.825. The van der Waals surface area contributed by atoms with Crippen LogP contribution in [0.5, 0.6) is 0 Å². The summed E-state index contributed by atoms with van der Waals surface area (Å²) in [6, 6.07) is 0. The molecule has 0 aliphatic rings. The summed E-state index contributed by atoms with van der Waals surface area (Å²) in [6.45, 7) is 1.73. The van der Waals surface area contributed by atoms with Gasteiger partial charge in [-0.2, -0.15) is 25.7 Å². The van der Waals surface area contributed by atoms with Crippen molar-refractivity contribution in [3.05, 3.63) is 25.8 Å². The van der Waals surface area contributed by atoms with Crippen LogP contribution in [0, 0.1) is 25.8 Å². The summed E-state index contributed by atoms with van der Waals surface area (Å²) in [5.74, 6) is -0.825. The molecule has 0 aliphatic heterocycles. The summed E-state index contributed by atoms with van der Waals surface area (Å²) in [5, 5.41) is 8.40. The molecule has 0 rings (SSSR count). The number of unbranched alkanes of at least 4 members (excludes halogenated alkanes) is 11. The van der Waals surface area contributed by atoms with E-state index >= 15 is 0 Å². The number of carboxylic acid groups (broad SMARTS) is 1. The summed E-state index contributed by atoms with van der Waals surface area (Å²) >= 11 is 0. The van der Waals surface area contributed by atoms with E-state index in [1.807, 2.05) is 6.42 Å². The number of hydrogen-bond donors (Lipinski definition) is 2. The van der Waals surface area contributed by atoms with Crippen LogP contribution in [0.25, 0.3) is 0 Å². The maximum atomic E-state index is 10.2. The Kier molecular flexibility index (Phi) is 19.8. The molecule has 0 bridgehead atoms. The molecule has 0 saturated heterocycles. The summed E-state index contributed by atoms with van der Waals surface area (Å²) in [4.78, 5) is 10.2. The predicted molar refractivity (Wildman–Crippen MR) is 75.2 cm³/mol. The number of nitrogens with two attached hydrogens (primary N) is 1. The van der Waals surface area contributed by atoms with Crippen LogP contribution in [0.1, 0.15) is 64.2 Å². The van der Waals surface area contributed by atoms with Crippen molar-refractivity contribution in [2.24, 2.45) is 5.73 Å². The molecular weight excluding hydrogens is 290 g/mol. The van der Waals surface area contributed by atoms with E-state index in [9.17, 15) is 4.79 Å². The maximum absolute atomic E-state index is 10.2. The molecule has 0 aromatic carbocycles. The first-order valence-electron chi connectivity index (χ1n) is 7.00. The summed E-state index contributed by atoms with van der Waals surface area (Å²) in [6.07, 6.45) is 16.8. The Hall–Kier alpha value is -0.181. The van der Waals surface area contributed by atoms with Gasteiger partial charge in [-0.05, 0) is 0 Å². The van der Waals surface area contributed by atoms with Gasteiger partial charge in [-0.15, -0.1) is 6.42 Å². The van der Waals surface area contributed by atoms with Gasteiger partial charge in [0, 0.05) is 17.1 Å². The fourth-order valence-electron chi connectivity index (χ4n) is 1.76. The van der Waals surface area contributed by atoms with Crippen molar-refractivity contribution >= 4 is 5.97 Å². The van der Waals surface area contributed by atoms with Gasteiger partial charge < -0.3 is 30.1 Å².